The van der Waals surface area contributed by atoms with Crippen LogP contribution in [0.4, 0.5) is 0 Å². The molecule has 0 fully saturated rings. The van der Waals surface area contributed by atoms with Gasteiger partial charge in [-0.05, 0) is 43.5 Å². The van der Waals surface area contributed by atoms with E-state index >= 15 is 0 Å². The number of nitrogens with zero attached hydrogens (tertiary/aromatic N) is 3. The third kappa shape index (κ3) is 5.17. The quantitative estimate of drug-likeness (QED) is 0.539. The van der Waals surface area contributed by atoms with Crippen molar-refractivity contribution >= 4 is 17.7 Å². The Kier molecular flexibility index (Phi) is 6.93. The minimum Gasteiger partial charge on any atom is -0.486 e. The molecule has 0 spiro atoms. The second kappa shape index (κ2) is 9.60. The Hall–Kier alpha value is -2.80. The average molecular weight is 411 g/mol. The Labute approximate surface area is 175 Å². The molecule has 0 aliphatic heterocycles. The van der Waals surface area contributed by atoms with E-state index in [-0.39, 0.29) is 18.6 Å². The highest BCUT2D eigenvalue weighted by molar-refractivity contribution is 8.00. The summed E-state index contributed by atoms with van der Waals surface area (Å²) < 4.78 is 7.97. The maximum Gasteiger partial charge on any atom is 0.230 e. The zero-order valence-corrected chi connectivity index (χ0v) is 17.7. The number of thioether (sulfide) groups is 1. The number of carbonyl (C=O) groups is 1. The van der Waals surface area contributed by atoms with E-state index < -0.39 is 5.25 Å². The van der Waals surface area contributed by atoms with E-state index in [2.05, 4.69) is 48.3 Å². The molecule has 3 aromatic rings. The first-order valence-corrected chi connectivity index (χ1v) is 10.5. The summed E-state index contributed by atoms with van der Waals surface area (Å²) in [5, 5.41) is 8.89. The minimum atomic E-state index is -0.406. The molecule has 152 valence electrons. The Morgan fingerprint density at radius 2 is 1.79 bits per heavy atom. The second-order valence-corrected chi connectivity index (χ2v) is 8.11. The summed E-state index contributed by atoms with van der Waals surface area (Å²) in [6, 6.07) is 18.1. The highest BCUT2D eigenvalue weighted by Gasteiger charge is 2.22. The number of aryl methyl sites for hydroxylation is 1. The summed E-state index contributed by atoms with van der Waals surface area (Å²) in [5.41, 5.74) is 7.83. The maximum atomic E-state index is 11.5. The van der Waals surface area contributed by atoms with Gasteiger partial charge < -0.3 is 10.5 Å². The predicted molar refractivity (Wildman–Crippen MR) is 115 cm³/mol. The normalized spacial score (nSPS) is 13.1. The van der Waals surface area contributed by atoms with Gasteiger partial charge in [-0.15, -0.1) is 10.2 Å². The lowest BCUT2D eigenvalue weighted by Crippen LogP contribution is -2.23. The van der Waals surface area contributed by atoms with Crippen LogP contribution < -0.4 is 10.5 Å². The van der Waals surface area contributed by atoms with Gasteiger partial charge in [0.1, 0.15) is 12.4 Å². The fourth-order valence-electron chi connectivity index (χ4n) is 2.94. The lowest BCUT2D eigenvalue weighted by atomic mass is 10.1. The van der Waals surface area contributed by atoms with Crippen LogP contribution in [-0.4, -0.2) is 25.9 Å². The fraction of sp³-hybridized carbons (Fsp3) is 0.318. The first-order chi connectivity index (χ1) is 14.0. The van der Waals surface area contributed by atoms with E-state index in [1.165, 1.54) is 17.3 Å². The summed E-state index contributed by atoms with van der Waals surface area (Å²) in [5.74, 6) is 1.09. The van der Waals surface area contributed by atoms with Crippen molar-refractivity contribution in [3.63, 3.8) is 0 Å². The third-order valence-electron chi connectivity index (χ3n) is 4.79. The molecule has 6 nitrogen and oxygen atoms in total. The van der Waals surface area contributed by atoms with Crippen LogP contribution in [0.15, 0.2) is 59.8 Å². The van der Waals surface area contributed by atoms with Crippen molar-refractivity contribution in [2.75, 3.05) is 0 Å². The summed E-state index contributed by atoms with van der Waals surface area (Å²) in [4.78, 5) is 11.5. The number of ether oxygens (including phenoxy) is 1. The average Bonchev–Trinajstić information content (AvgIpc) is 3.14. The Bertz CT molecular complexity index is 941. The van der Waals surface area contributed by atoms with E-state index in [0.717, 1.165) is 17.7 Å². The molecule has 0 aliphatic carbocycles. The largest absolute Gasteiger partial charge is 0.486 e. The van der Waals surface area contributed by atoms with Crippen molar-refractivity contribution in [1.29, 1.82) is 0 Å². The minimum absolute atomic E-state index is 0.0187. The molecule has 2 aromatic carbocycles. The molecule has 0 unspecified atom stereocenters. The molecule has 3 rings (SSSR count). The first-order valence-electron chi connectivity index (χ1n) is 9.66. The molecule has 2 atom stereocenters. The Balaban J connectivity index is 1.86. The molecule has 0 radical (unpaired) electrons. The van der Waals surface area contributed by atoms with Crippen LogP contribution in [0.1, 0.15) is 43.8 Å². The number of benzene rings is 2. The van der Waals surface area contributed by atoms with Gasteiger partial charge in [-0.25, -0.2) is 0 Å². The van der Waals surface area contributed by atoms with Crippen molar-refractivity contribution in [3.05, 3.63) is 71.5 Å². The molecule has 0 saturated heterocycles. The van der Waals surface area contributed by atoms with E-state index in [9.17, 15) is 4.79 Å². The smallest absolute Gasteiger partial charge is 0.230 e. The fourth-order valence-corrected chi connectivity index (χ4v) is 3.84. The SMILES string of the molecule is CCc1ccc(OCc2nnc(S[C@H](C)C(N)=O)n2[C@@H](C)c2ccccc2)cc1. The van der Waals surface area contributed by atoms with Crippen molar-refractivity contribution < 1.29 is 9.53 Å². The van der Waals surface area contributed by atoms with Crippen LogP contribution in [-0.2, 0) is 17.8 Å². The van der Waals surface area contributed by atoms with E-state index in [0.29, 0.717) is 11.0 Å². The first kappa shape index (κ1) is 20.9. The van der Waals surface area contributed by atoms with Gasteiger partial charge in [0, 0.05) is 0 Å². The molecule has 2 N–H and O–H groups in total. The van der Waals surface area contributed by atoms with Gasteiger partial charge in [0.2, 0.25) is 5.91 Å². The zero-order chi connectivity index (χ0) is 20.8. The molecule has 1 amide bonds. The lowest BCUT2D eigenvalue weighted by molar-refractivity contribution is -0.117. The van der Waals surface area contributed by atoms with Gasteiger partial charge >= 0.3 is 0 Å². The maximum absolute atomic E-state index is 11.5. The highest BCUT2D eigenvalue weighted by atomic mass is 32.2. The molecule has 1 aromatic heterocycles. The summed E-state index contributed by atoms with van der Waals surface area (Å²) in [7, 11) is 0. The number of aromatic nitrogens is 3. The monoisotopic (exact) mass is 410 g/mol. The Morgan fingerprint density at radius 1 is 1.10 bits per heavy atom. The molecular formula is C22H26N4O2S. The van der Waals surface area contributed by atoms with E-state index in [1.807, 2.05) is 34.9 Å². The van der Waals surface area contributed by atoms with Gasteiger partial charge in [0.05, 0.1) is 11.3 Å². The lowest BCUT2D eigenvalue weighted by Gasteiger charge is -2.19. The number of rotatable bonds is 9. The summed E-state index contributed by atoms with van der Waals surface area (Å²) in [6.07, 6.45) is 0.988. The van der Waals surface area contributed by atoms with Gasteiger partial charge in [-0.1, -0.05) is 61.2 Å². The van der Waals surface area contributed by atoms with Gasteiger partial charge in [-0.3, -0.25) is 9.36 Å². The number of primary amides is 1. The van der Waals surface area contributed by atoms with Crippen LogP contribution in [0.2, 0.25) is 0 Å². The van der Waals surface area contributed by atoms with Crippen molar-refractivity contribution in [1.82, 2.24) is 14.8 Å². The van der Waals surface area contributed by atoms with E-state index in [4.69, 9.17) is 10.5 Å². The number of amides is 1. The highest BCUT2D eigenvalue weighted by Crippen LogP contribution is 2.29. The topological polar surface area (TPSA) is 83.0 Å². The Morgan fingerprint density at radius 3 is 2.41 bits per heavy atom. The summed E-state index contributed by atoms with van der Waals surface area (Å²) >= 11 is 1.31. The van der Waals surface area contributed by atoms with E-state index in [1.54, 1.807) is 6.92 Å². The van der Waals surface area contributed by atoms with Crippen LogP contribution in [0, 0.1) is 0 Å². The van der Waals surface area contributed by atoms with Gasteiger partial charge in [0.15, 0.2) is 11.0 Å². The van der Waals surface area contributed by atoms with Crippen molar-refractivity contribution in [2.24, 2.45) is 5.73 Å². The molecular weight excluding hydrogens is 384 g/mol. The van der Waals surface area contributed by atoms with Crippen LogP contribution >= 0.6 is 11.8 Å². The van der Waals surface area contributed by atoms with Crippen LogP contribution in [0.25, 0.3) is 0 Å². The van der Waals surface area contributed by atoms with Crippen LogP contribution in [0.3, 0.4) is 0 Å². The molecule has 1 heterocycles. The number of nitrogens with two attached hydrogens (primary N) is 1. The molecule has 7 heteroatoms. The zero-order valence-electron chi connectivity index (χ0n) is 16.9. The van der Waals surface area contributed by atoms with Crippen LogP contribution in [0.5, 0.6) is 5.75 Å². The molecule has 29 heavy (non-hydrogen) atoms. The number of hydrogen-bond acceptors (Lipinski definition) is 5. The van der Waals surface area contributed by atoms with Crippen molar-refractivity contribution in [2.45, 2.75) is 50.2 Å². The third-order valence-corrected chi connectivity index (χ3v) is 5.86. The van der Waals surface area contributed by atoms with Gasteiger partial charge in [-0.2, -0.15) is 0 Å². The summed E-state index contributed by atoms with van der Waals surface area (Å²) in [6.45, 7) is 6.25. The molecule has 0 saturated carbocycles. The second-order valence-electron chi connectivity index (χ2n) is 6.80. The number of hydrogen-bond donors (Lipinski definition) is 1. The molecule has 0 bridgehead atoms. The van der Waals surface area contributed by atoms with Crippen molar-refractivity contribution in [3.8, 4) is 5.75 Å². The standard InChI is InChI=1S/C22H26N4O2S/c1-4-17-10-12-19(13-11-17)28-14-20-24-25-22(29-16(3)21(23)27)26(20)15(2)18-8-6-5-7-9-18/h5-13,15-16H,4,14H2,1-3H3,(H2,23,27)/t15-,16+/m0/s1. The number of carbonyl (C=O) groups excluding carboxylic acids is 1. The van der Waals surface area contributed by atoms with Gasteiger partial charge in [0.25, 0.3) is 0 Å². The predicted octanol–water partition coefficient (Wildman–Crippen LogP) is 3.99. The molecule has 0 aliphatic rings.